The fourth-order valence-electron chi connectivity index (χ4n) is 2.93. The van der Waals surface area contributed by atoms with Crippen LogP contribution in [0.1, 0.15) is 5.56 Å². The topological polar surface area (TPSA) is 78.5 Å². The highest BCUT2D eigenvalue weighted by Crippen LogP contribution is 2.28. The number of rotatable bonds is 7. The summed E-state index contributed by atoms with van der Waals surface area (Å²) in [6.45, 7) is 0.699. The molecule has 2 aromatic carbocycles. The summed E-state index contributed by atoms with van der Waals surface area (Å²) in [6, 6.07) is 11.9. The van der Waals surface area contributed by atoms with Crippen LogP contribution < -0.4 is 10.6 Å². The summed E-state index contributed by atoms with van der Waals surface area (Å²) in [4.78, 5) is 0. The van der Waals surface area contributed by atoms with E-state index >= 15 is 0 Å². The zero-order valence-electron chi connectivity index (χ0n) is 15.0. The predicted octanol–water partition coefficient (Wildman–Crippen LogP) is 4.63. The van der Waals surface area contributed by atoms with E-state index in [0.717, 1.165) is 38.6 Å². The molecule has 0 aliphatic carbocycles. The van der Waals surface area contributed by atoms with Crippen molar-refractivity contribution >= 4 is 50.6 Å². The number of fused-ring (bicyclic) bond motifs is 1. The third kappa shape index (κ3) is 4.28. The van der Waals surface area contributed by atoms with Gasteiger partial charge >= 0.3 is 0 Å². The maximum absolute atomic E-state index is 6.29. The van der Waals surface area contributed by atoms with Gasteiger partial charge in [0.05, 0.1) is 11.7 Å². The smallest absolute Gasteiger partial charge is 0.206 e. The quantitative estimate of drug-likeness (QED) is 0.396. The molecule has 0 aliphatic rings. The van der Waals surface area contributed by atoms with Gasteiger partial charge in [0.1, 0.15) is 5.01 Å². The van der Waals surface area contributed by atoms with E-state index in [9.17, 15) is 0 Å². The van der Waals surface area contributed by atoms with Gasteiger partial charge in [-0.2, -0.15) is 5.10 Å². The Balaban J connectivity index is 1.41. The SMILES string of the molecule is CN[C@@H](CNc1nnc(-c2ccc3[nH]ncc3c2)s1)Cc1ccc(Cl)cc1Cl. The van der Waals surface area contributed by atoms with E-state index in [4.69, 9.17) is 23.2 Å². The van der Waals surface area contributed by atoms with Crippen LogP contribution in [0.15, 0.2) is 42.6 Å². The van der Waals surface area contributed by atoms with Crippen LogP contribution in [0.3, 0.4) is 0 Å². The first-order chi connectivity index (χ1) is 13.6. The van der Waals surface area contributed by atoms with Gasteiger partial charge < -0.3 is 10.6 Å². The zero-order valence-corrected chi connectivity index (χ0v) is 17.4. The van der Waals surface area contributed by atoms with Gasteiger partial charge in [0.25, 0.3) is 0 Å². The maximum Gasteiger partial charge on any atom is 0.206 e. The van der Waals surface area contributed by atoms with Crippen LogP contribution in [0.5, 0.6) is 0 Å². The minimum absolute atomic E-state index is 0.188. The molecule has 1 atom stereocenters. The lowest BCUT2D eigenvalue weighted by Gasteiger charge is -2.17. The van der Waals surface area contributed by atoms with Crippen molar-refractivity contribution in [2.45, 2.75) is 12.5 Å². The average molecular weight is 433 g/mol. The Bertz CT molecular complexity index is 1090. The van der Waals surface area contributed by atoms with E-state index in [2.05, 4.69) is 37.1 Å². The normalized spacial score (nSPS) is 12.4. The van der Waals surface area contributed by atoms with Gasteiger partial charge in [-0.3, -0.25) is 5.10 Å². The van der Waals surface area contributed by atoms with Crippen molar-refractivity contribution in [1.29, 1.82) is 0 Å². The molecule has 144 valence electrons. The van der Waals surface area contributed by atoms with Crippen molar-refractivity contribution in [3.63, 3.8) is 0 Å². The average Bonchev–Trinajstić information content (AvgIpc) is 3.35. The van der Waals surface area contributed by atoms with Crippen LogP contribution in [0.25, 0.3) is 21.5 Å². The molecule has 0 radical (unpaired) electrons. The molecule has 0 fully saturated rings. The van der Waals surface area contributed by atoms with Gasteiger partial charge in [0.2, 0.25) is 5.13 Å². The molecule has 0 bridgehead atoms. The Morgan fingerprint density at radius 2 is 2.04 bits per heavy atom. The Labute approximate surface area is 176 Å². The Morgan fingerprint density at radius 3 is 2.86 bits per heavy atom. The summed E-state index contributed by atoms with van der Waals surface area (Å²) in [7, 11) is 1.93. The first kappa shape index (κ1) is 19.1. The van der Waals surface area contributed by atoms with Gasteiger partial charge in [-0.15, -0.1) is 10.2 Å². The molecule has 0 spiro atoms. The molecule has 4 aromatic rings. The third-order valence-corrected chi connectivity index (χ3v) is 6.02. The van der Waals surface area contributed by atoms with Crippen molar-refractivity contribution in [1.82, 2.24) is 25.7 Å². The first-order valence-electron chi connectivity index (χ1n) is 8.74. The Kier molecular flexibility index (Phi) is 5.77. The fraction of sp³-hybridized carbons (Fsp3) is 0.211. The molecule has 0 aliphatic heterocycles. The van der Waals surface area contributed by atoms with E-state index in [1.54, 1.807) is 12.3 Å². The summed E-state index contributed by atoms with van der Waals surface area (Å²) in [5.74, 6) is 0. The van der Waals surface area contributed by atoms with E-state index in [-0.39, 0.29) is 6.04 Å². The van der Waals surface area contributed by atoms with E-state index in [1.165, 1.54) is 11.3 Å². The fourth-order valence-corrected chi connectivity index (χ4v) is 4.16. The summed E-state index contributed by atoms with van der Waals surface area (Å²) in [5, 5.41) is 26.3. The molecule has 2 heterocycles. The molecule has 4 rings (SSSR count). The summed E-state index contributed by atoms with van der Waals surface area (Å²) >= 11 is 13.8. The van der Waals surface area contributed by atoms with Crippen LogP contribution in [0.4, 0.5) is 5.13 Å². The van der Waals surface area contributed by atoms with Crippen molar-refractivity contribution in [2.24, 2.45) is 0 Å². The minimum atomic E-state index is 0.188. The molecule has 3 N–H and O–H groups in total. The number of aromatic amines is 1. The minimum Gasteiger partial charge on any atom is -0.358 e. The van der Waals surface area contributed by atoms with Gasteiger partial charge in [-0.1, -0.05) is 40.6 Å². The van der Waals surface area contributed by atoms with Crippen LogP contribution in [-0.4, -0.2) is 40.0 Å². The number of aromatic nitrogens is 4. The van der Waals surface area contributed by atoms with Gasteiger partial charge in [-0.05, 0) is 49.4 Å². The molecule has 9 heteroatoms. The summed E-state index contributed by atoms with van der Waals surface area (Å²) in [6.07, 6.45) is 2.58. The van der Waals surface area contributed by atoms with Crippen LogP contribution in [-0.2, 0) is 6.42 Å². The number of likely N-dealkylation sites (N-methyl/N-ethyl adjacent to an activating group) is 1. The largest absolute Gasteiger partial charge is 0.358 e. The number of hydrogen-bond donors (Lipinski definition) is 3. The second-order valence-electron chi connectivity index (χ2n) is 6.39. The standard InChI is InChI=1S/C19H18Cl2N6S/c1-22-15(7-11-2-4-14(20)8-16(11)21)10-23-19-27-26-18(28-19)12-3-5-17-13(6-12)9-24-25-17/h2-6,8-9,15,22H,7,10H2,1H3,(H,23,27)(H,24,25)/t15-/m1/s1. The summed E-state index contributed by atoms with van der Waals surface area (Å²) in [5.41, 5.74) is 3.08. The molecule has 2 aromatic heterocycles. The predicted molar refractivity (Wildman–Crippen MR) is 117 cm³/mol. The number of anilines is 1. The molecular weight excluding hydrogens is 415 g/mol. The lowest BCUT2D eigenvalue weighted by atomic mass is 10.1. The van der Waals surface area contributed by atoms with Crippen molar-refractivity contribution in [3.8, 4) is 10.6 Å². The lowest BCUT2D eigenvalue weighted by molar-refractivity contribution is 0.583. The monoisotopic (exact) mass is 432 g/mol. The number of nitrogens with one attached hydrogen (secondary N) is 3. The molecule has 0 amide bonds. The summed E-state index contributed by atoms with van der Waals surface area (Å²) < 4.78 is 0. The molecular formula is C19H18Cl2N6S. The Hall–Kier alpha value is -2.19. The zero-order chi connectivity index (χ0) is 19.5. The number of H-pyrrole nitrogens is 1. The van der Waals surface area contributed by atoms with E-state index < -0.39 is 0 Å². The van der Waals surface area contributed by atoms with Gasteiger partial charge in [-0.25, -0.2) is 0 Å². The second-order valence-corrected chi connectivity index (χ2v) is 8.21. The number of benzene rings is 2. The highest BCUT2D eigenvalue weighted by Gasteiger charge is 2.13. The maximum atomic E-state index is 6.29. The molecule has 28 heavy (non-hydrogen) atoms. The highest BCUT2D eigenvalue weighted by atomic mass is 35.5. The van der Waals surface area contributed by atoms with Crippen LogP contribution in [0, 0.1) is 0 Å². The lowest BCUT2D eigenvalue weighted by Crippen LogP contribution is -2.34. The molecule has 0 saturated heterocycles. The van der Waals surface area contributed by atoms with Crippen LogP contribution in [0.2, 0.25) is 10.0 Å². The van der Waals surface area contributed by atoms with Gasteiger partial charge in [0.15, 0.2) is 0 Å². The first-order valence-corrected chi connectivity index (χ1v) is 10.3. The van der Waals surface area contributed by atoms with Gasteiger partial charge in [0, 0.05) is 33.6 Å². The Morgan fingerprint density at radius 1 is 1.14 bits per heavy atom. The third-order valence-electron chi connectivity index (χ3n) is 4.50. The van der Waals surface area contributed by atoms with Crippen molar-refractivity contribution < 1.29 is 0 Å². The van der Waals surface area contributed by atoms with Crippen molar-refractivity contribution in [3.05, 3.63) is 58.2 Å². The van der Waals surface area contributed by atoms with Crippen LogP contribution >= 0.6 is 34.5 Å². The number of nitrogens with zero attached hydrogens (tertiary/aromatic N) is 3. The van der Waals surface area contributed by atoms with E-state index in [0.29, 0.717) is 16.6 Å². The molecule has 6 nitrogen and oxygen atoms in total. The molecule has 0 unspecified atom stereocenters. The highest BCUT2D eigenvalue weighted by molar-refractivity contribution is 7.18. The number of hydrogen-bond acceptors (Lipinski definition) is 6. The molecule has 0 saturated carbocycles. The van der Waals surface area contributed by atoms with Crippen molar-refractivity contribution in [2.75, 3.05) is 18.9 Å². The number of halogens is 2. The van der Waals surface area contributed by atoms with E-state index in [1.807, 2.05) is 31.3 Å². The second kappa shape index (κ2) is 8.45.